The maximum Gasteiger partial charge on any atom is 0.118 e. The van der Waals surface area contributed by atoms with Crippen molar-refractivity contribution in [3.8, 4) is 0 Å². The maximum atomic E-state index is 5.41. The fourth-order valence-electron chi connectivity index (χ4n) is 0.982. The minimum absolute atomic E-state index is 0.646. The molecule has 0 atom stereocenters. The van der Waals surface area contributed by atoms with Gasteiger partial charge in [-0.25, -0.2) is 0 Å². The van der Waals surface area contributed by atoms with Gasteiger partial charge in [0.1, 0.15) is 10.0 Å². The lowest BCUT2D eigenvalue weighted by Gasteiger charge is -1.93. The molecule has 2 N–H and O–H groups in total. The summed E-state index contributed by atoms with van der Waals surface area (Å²) >= 11 is 1.65. The molecule has 0 radical (unpaired) electrons. The average Bonchev–Trinajstić information content (AvgIpc) is 2.54. The van der Waals surface area contributed by atoms with Gasteiger partial charge in [0, 0.05) is 26.6 Å². The number of aromatic nitrogens is 2. The van der Waals surface area contributed by atoms with Crippen molar-refractivity contribution in [1.29, 1.82) is 0 Å². The summed E-state index contributed by atoms with van der Waals surface area (Å²) in [5.74, 6) is 0. The molecular formula is C8H15N3OS. The van der Waals surface area contributed by atoms with Crippen molar-refractivity contribution in [3.63, 3.8) is 0 Å². The van der Waals surface area contributed by atoms with Gasteiger partial charge in [-0.1, -0.05) is 0 Å². The number of ether oxygens (including phenoxy) is 1. The van der Waals surface area contributed by atoms with Crippen LogP contribution in [0.25, 0.3) is 0 Å². The second-order valence-corrected chi connectivity index (χ2v) is 3.87. The van der Waals surface area contributed by atoms with Crippen LogP contribution in [-0.2, 0) is 17.6 Å². The summed E-state index contributed by atoms with van der Waals surface area (Å²) in [5.41, 5.74) is 5.41. The molecular weight excluding hydrogens is 186 g/mol. The molecule has 13 heavy (non-hydrogen) atoms. The van der Waals surface area contributed by atoms with E-state index in [1.165, 1.54) is 0 Å². The Morgan fingerprint density at radius 1 is 1.31 bits per heavy atom. The van der Waals surface area contributed by atoms with Crippen LogP contribution in [0.5, 0.6) is 0 Å². The molecule has 0 aromatic carbocycles. The van der Waals surface area contributed by atoms with Gasteiger partial charge in [0.25, 0.3) is 0 Å². The third-order valence-electron chi connectivity index (χ3n) is 1.61. The van der Waals surface area contributed by atoms with Gasteiger partial charge in [-0.3, -0.25) is 0 Å². The van der Waals surface area contributed by atoms with Crippen molar-refractivity contribution >= 4 is 11.3 Å². The highest BCUT2D eigenvalue weighted by atomic mass is 32.1. The Kier molecular flexibility index (Phi) is 4.88. The van der Waals surface area contributed by atoms with Gasteiger partial charge in [-0.2, -0.15) is 0 Å². The molecule has 0 aliphatic carbocycles. The van der Waals surface area contributed by atoms with Crippen molar-refractivity contribution in [3.05, 3.63) is 10.0 Å². The Bertz CT molecular complexity index is 239. The predicted molar refractivity (Wildman–Crippen MR) is 52.9 cm³/mol. The van der Waals surface area contributed by atoms with E-state index in [0.29, 0.717) is 6.54 Å². The van der Waals surface area contributed by atoms with E-state index in [1.54, 1.807) is 18.4 Å². The van der Waals surface area contributed by atoms with Gasteiger partial charge in [-0.15, -0.1) is 21.5 Å². The third kappa shape index (κ3) is 3.80. The highest BCUT2D eigenvalue weighted by molar-refractivity contribution is 7.11. The number of methoxy groups -OCH3 is 1. The van der Waals surface area contributed by atoms with Gasteiger partial charge in [-0.05, 0) is 13.0 Å². The first-order valence-corrected chi connectivity index (χ1v) is 5.18. The van der Waals surface area contributed by atoms with Gasteiger partial charge in [0.2, 0.25) is 0 Å². The van der Waals surface area contributed by atoms with Crippen LogP contribution in [0.4, 0.5) is 0 Å². The molecule has 1 rings (SSSR count). The van der Waals surface area contributed by atoms with E-state index >= 15 is 0 Å². The lowest BCUT2D eigenvalue weighted by Crippen LogP contribution is -2.01. The van der Waals surface area contributed by atoms with Gasteiger partial charge in [0.05, 0.1) is 0 Å². The summed E-state index contributed by atoms with van der Waals surface area (Å²) in [4.78, 5) is 0. The lowest BCUT2D eigenvalue weighted by atomic mass is 10.3. The first-order valence-electron chi connectivity index (χ1n) is 4.37. The zero-order chi connectivity index (χ0) is 9.52. The van der Waals surface area contributed by atoms with Crippen LogP contribution in [0.15, 0.2) is 0 Å². The van der Waals surface area contributed by atoms with Gasteiger partial charge in [0.15, 0.2) is 0 Å². The molecule has 0 saturated carbocycles. The summed E-state index contributed by atoms with van der Waals surface area (Å²) in [5, 5.41) is 10.2. The van der Waals surface area contributed by atoms with Crippen molar-refractivity contribution in [1.82, 2.24) is 10.2 Å². The molecule has 0 bridgehead atoms. The zero-order valence-corrected chi connectivity index (χ0v) is 8.64. The van der Waals surface area contributed by atoms with Crippen LogP contribution in [0.1, 0.15) is 16.4 Å². The van der Waals surface area contributed by atoms with Crippen LogP contribution in [-0.4, -0.2) is 30.5 Å². The smallest absolute Gasteiger partial charge is 0.118 e. The molecule has 0 aliphatic heterocycles. The summed E-state index contributed by atoms with van der Waals surface area (Å²) in [6.45, 7) is 1.43. The summed E-state index contributed by atoms with van der Waals surface area (Å²) < 4.78 is 4.95. The molecule has 0 aliphatic rings. The second kappa shape index (κ2) is 6.01. The number of nitrogens with two attached hydrogens (primary N) is 1. The fourth-order valence-corrected chi connectivity index (χ4v) is 1.88. The zero-order valence-electron chi connectivity index (χ0n) is 7.82. The summed E-state index contributed by atoms with van der Waals surface area (Å²) in [7, 11) is 1.71. The largest absolute Gasteiger partial charge is 0.385 e. The minimum Gasteiger partial charge on any atom is -0.385 e. The SMILES string of the molecule is COCCCc1nnc(CCN)s1. The Balaban J connectivity index is 2.31. The average molecular weight is 201 g/mol. The number of rotatable bonds is 6. The molecule has 1 aromatic heterocycles. The fraction of sp³-hybridized carbons (Fsp3) is 0.750. The van der Waals surface area contributed by atoms with Crippen LogP contribution in [0.3, 0.4) is 0 Å². The van der Waals surface area contributed by atoms with E-state index in [0.717, 1.165) is 35.9 Å². The quantitative estimate of drug-likeness (QED) is 0.685. The normalized spacial score (nSPS) is 10.6. The topological polar surface area (TPSA) is 61.0 Å². The molecule has 0 amide bonds. The Morgan fingerprint density at radius 3 is 2.62 bits per heavy atom. The molecule has 74 valence electrons. The predicted octanol–water partition coefficient (Wildman–Crippen LogP) is 0.618. The van der Waals surface area contributed by atoms with E-state index in [2.05, 4.69) is 10.2 Å². The van der Waals surface area contributed by atoms with E-state index in [1.807, 2.05) is 0 Å². The molecule has 0 fully saturated rings. The monoisotopic (exact) mass is 201 g/mol. The Labute approximate surface area is 82.1 Å². The number of hydrogen-bond donors (Lipinski definition) is 1. The van der Waals surface area contributed by atoms with E-state index in [-0.39, 0.29) is 0 Å². The van der Waals surface area contributed by atoms with Crippen molar-refractivity contribution in [2.75, 3.05) is 20.3 Å². The number of hydrogen-bond acceptors (Lipinski definition) is 5. The van der Waals surface area contributed by atoms with Gasteiger partial charge >= 0.3 is 0 Å². The van der Waals surface area contributed by atoms with E-state index in [9.17, 15) is 0 Å². The molecule has 1 heterocycles. The van der Waals surface area contributed by atoms with Crippen LogP contribution >= 0.6 is 11.3 Å². The number of aryl methyl sites for hydroxylation is 1. The van der Waals surface area contributed by atoms with Crippen molar-refractivity contribution in [2.45, 2.75) is 19.3 Å². The summed E-state index contributed by atoms with van der Waals surface area (Å²) in [6, 6.07) is 0. The maximum absolute atomic E-state index is 5.41. The lowest BCUT2D eigenvalue weighted by molar-refractivity contribution is 0.195. The first kappa shape index (κ1) is 10.6. The number of nitrogens with zero attached hydrogens (tertiary/aromatic N) is 2. The standard InChI is InChI=1S/C8H15N3OS/c1-12-6-2-3-7-10-11-8(13-7)4-5-9/h2-6,9H2,1H3. The molecule has 4 nitrogen and oxygen atoms in total. The Morgan fingerprint density at radius 2 is 2.00 bits per heavy atom. The molecule has 1 aromatic rings. The summed E-state index contributed by atoms with van der Waals surface area (Å²) in [6.07, 6.45) is 2.80. The van der Waals surface area contributed by atoms with Crippen LogP contribution in [0, 0.1) is 0 Å². The molecule has 0 spiro atoms. The second-order valence-electron chi connectivity index (χ2n) is 2.72. The van der Waals surface area contributed by atoms with Crippen molar-refractivity contribution in [2.24, 2.45) is 5.73 Å². The van der Waals surface area contributed by atoms with E-state index < -0.39 is 0 Å². The van der Waals surface area contributed by atoms with Crippen LogP contribution in [0.2, 0.25) is 0 Å². The minimum atomic E-state index is 0.646. The third-order valence-corrected chi connectivity index (χ3v) is 2.65. The Hall–Kier alpha value is -0.520. The van der Waals surface area contributed by atoms with Crippen LogP contribution < -0.4 is 5.73 Å². The molecule has 0 saturated heterocycles. The van der Waals surface area contributed by atoms with E-state index in [4.69, 9.17) is 10.5 Å². The molecule has 5 heteroatoms. The highest BCUT2D eigenvalue weighted by Gasteiger charge is 2.02. The first-order chi connectivity index (χ1) is 6.36. The molecule has 0 unspecified atom stereocenters. The highest BCUT2D eigenvalue weighted by Crippen LogP contribution is 2.11. The van der Waals surface area contributed by atoms with Gasteiger partial charge < -0.3 is 10.5 Å². The van der Waals surface area contributed by atoms with Crippen molar-refractivity contribution < 1.29 is 4.74 Å².